The number of ether oxygens (including phenoxy) is 1. The minimum atomic E-state index is -0.384. The van der Waals surface area contributed by atoms with E-state index in [4.69, 9.17) is 20.9 Å². The number of esters is 1. The molecule has 116 valence electrons. The fourth-order valence-corrected chi connectivity index (χ4v) is 2.25. The summed E-state index contributed by atoms with van der Waals surface area (Å²) in [6.07, 6.45) is 0. The van der Waals surface area contributed by atoms with Gasteiger partial charge >= 0.3 is 5.97 Å². The van der Waals surface area contributed by atoms with Gasteiger partial charge in [-0.15, -0.1) is 0 Å². The molecule has 0 spiro atoms. The molecule has 0 unspecified atom stereocenters. The van der Waals surface area contributed by atoms with Crippen LogP contribution in [0.5, 0.6) is 0 Å². The van der Waals surface area contributed by atoms with Crippen LogP contribution in [-0.2, 0) is 11.3 Å². The van der Waals surface area contributed by atoms with Gasteiger partial charge in [0.25, 0.3) is 0 Å². The maximum atomic E-state index is 12.0. The van der Waals surface area contributed by atoms with Crippen molar-refractivity contribution in [1.29, 1.82) is 0 Å². The highest BCUT2D eigenvalue weighted by Crippen LogP contribution is 2.22. The number of hydrogen-bond donors (Lipinski definition) is 0. The molecule has 0 radical (unpaired) electrons. The van der Waals surface area contributed by atoms with Crippen molar-refractivity contribution in [3.63, 3.8) is 0 Å². The second-order valence-corrected chi connectivity index (χ2v) is 5.57. The van der Waals surface area contributed by atoms with Crippen molar-refractivity contribution in [2.75, 3.05) is 0 Å². The fourth-order valence-electron chi connectivity index (χ4n) is 2.12. The number of aromatic nitrogens is 1. The maximum absolute atomic E-state index is 12.0. The highest BCUT2D eigenvalue weighted by molar-refractivity contribution is 6.30. The van der Waals surface area contributed by atoms with Gasteiger partial charge in [0.2, 0.25) is 0 Å². The van der Waals surface area contributed by atoms with Crippen molar-refractivity contribution in [3.05, 3.63) is 76.4 Å². The molecular formula is C18H14ClNO3. The molecule has 0 aliphatic carbocycles. The first-order chi connectivity index (χ1) is 11.1. The first kappa shape index (κ1) is 15.3. The lowest BCUT2D eigenvalue weighted by Crippen LogP contribution is -2.05. The summed E-state index contributed by atoms with van der Waals surface area (Å²) >= 11 is 5.85. The third-order valence-corrected chi connectivity index (χ3v) is 3.54. The minimum absolute atomic E-state index is 0.0594. The summed E-state index contributed by atoms with van der Waals surface area (Å²) in [5.74, 6) is 0.216. The number of aryl methyl sites for hydroxylation is 1. The molecule has 0 atom stereocenters. The zero-order chi connectivity index (χ0) is 16.2. The van der Waals surface area contributed by atoms with E-state index in [-0.39, 0.29) is 12.6 Å². The Morgan fingerprint density at radius 1 is 1.17 bits per heavy atom. The van der Waals surface area contributed by atoms with E-state index >= 15 is 0 Å². The van der Waals surface area contributed by atoms with Gasteiger partial charge in [-0.25, -0.2) is 4.79 Å². The van der Waals surface area contributed by atoms with E-state index in [2.05, 4.69) is 5.16 Å². The van der Waals surface area contributed by atoms with Crippen LogP contribution in [0, 0.1) is 6.92 Å². The number of nitrogens with zero attached hydrogens (tertiary/aromatic N) is 1. The van der Waals surface area contributed by atoms with Crippen LogP contribution < -0.4 is 0 Å². The molecule has 0 aliphatic rings. The second-order valence-electron chi connectivity index (χ2n) is 5.14. The number of carbonyl (C=O) groups excluding carboxylic acids is 1. The Bertz CT molecular complexity index is 824. The Hall–Kier alpha value is -2.59. The molecule has 0 aliphatic heterocycles. The first-order valence-corrected chi connectivity index (χ1v) is 7.45. The Morgan fingerprint density at radius 2 is 1.96 bits per heavy atom. The van der Waals surface area contributed by atoms with Crippen LogP contribution in [0.4, 0.5) is 0 Å². The quantitative estimate of drug-likeness (QED) is 0.654. The van der Waals surface area contributed by atoms with Gasteiger partial charge < -0.3 is 9.26 Å². The van der Waals surface area contributed by atoms with Gasteiger partial charge in [-0.3, -0.25) is 0 Å². The first-order valence-electron chi connectivity index (χ1n) is 7.07. The van der Waals surface area contributed by atoms with Crippen LogP contribution in [0.1, 0.15) is 21.6 Å². The highest BCUT2D eigenvalue weighted by atomic mass is 35.5. The molecule has 0 saturated heterocycles. The molecular weight excluding hydrogens is 314 g/mol. The van der Waals surface area contributed by atoms with Crippen LogP contribution in [0.25, 0.3) is 11.3 Å². The predicted octanol–water partition coefficient (Wildman–Crippen LogP) is 4.66. The molecule has 3 rings (SSSR count). The lowest BCUT2D eigenvalue weighted by atomic mass is 10.1. The van der Waals surface area contributed by atoms with Crippen LogP contribution in [0.2, 0.25) is 5.02 Å². The zero-order valence-corrected chi connectivity index (χ0v) is 13.2. The van der Waals surface area contributed by atoms with Gasteiger partial charge in [0, 0.05) is 16.7 Å². The van der Waals surface area contributed by atoms with Crippen molar-refractivity contribution in [2.45, 2.75) is 13.5 Å². The van der Waals surface area contributed by atoms with E-state index in [1.807, 2.05) is 31.2 Å². The monoisotopic (exact) mass is 327 g/mol. The summed E-state index contributed by atoms with van der Waals surface area (Å²) in [5, 5.41) is 4.57. The molecule has 2 aromatic carbocycles. The van der Waals surface area contributed by atoms with Gasteiger partial charge in [0.1, 0.15) is 12.3 Å². The lowest BCUT2D eigenvalue weighted by Gasteiger charge is -2.03. The molecule has 0 bridgehead atoms. The predicted molar refractivity (Wildman–Crippen MR) is 87.2 cm³/mol. The largest absolute Gasteiger partial charge is 0.455 e. The molecule has 23 heavy (non-hydrogen) atoms. The van der Waals surface area contributed by atoms with Gasteiger partial charge in [-0.05, 0) is 43.3 Å². The van der Waals surface area contributed by atoms with Crippen LogP contribution in [0.15, 0.2) is 59.1 Å². The molecule has 3 aromatic rings. The Labute approximate surface area is 138 Å². The van der Waals surface area contributed by atoms with E-state index in [0.717, 1.165) is 11.1 Å². The molecule has 0 fully saturated rings. The van der Waals surface area contributed by atoms with Crippen molar-refractivity contribution < 1.29 is 14.1 Å². The van der Waals surface area contributed by atoms with E-state index < -0.39 is 0 Å². The van der Waals surface area contributed by atoms with Crippen LogP contribution in [-0.4, -0.2) is 11.1 Å². The highest BCUT2D eigenvalue weighted by Gasteiger charge is 2.11. The summed E-state index contributed by atoms with van der Waals surface area (Å²) < 4.78 is 10.5. The number of hydrogen-bond acceptors (Lipinski definition) is 4. The number of benzene rings is 2. The second kappa shape index (κ2) is 6.67. The van der Waals surface area contributed by atoms with E-state index in [1.165, 1.54) is 0 Å². The van der Waals surface area contributed by atoms with E-state index in [1.54, 1.807) is 30.3 Å². The van der Waals surface area contributed by atoms with Crippen molar-refractivity contribution in [3.8, 4) is 11.3 Å². The summed E-state index contributed by atoms with van der Waals surface area (Å²) in [5.41, 5.74) is 2.94. The molecule has 5 heteroatoms. The van der Waals surface area contributed by atoms with Gasteiger partial charge in [0.05, 0.1) is 5.56 Å². The van der Waals surface area contributed by atoms with Crippen LogP contribution >= 0.6 is 11.6 Å². The normalized spacial score (nSPS) is 10.5. The van der Waals surface area contributed by atoms with E-state index in [9.17, 15) is 4.79 Å². The SMILES string of the molecule is Cc1cccc(C(=O)OCc2cc(-c3ccc(Cl)cc3)on2)c1. The number of halogens is 1. The molecule has 4 nitrogen and oxygen atoms in total. The molecule has 0 amide bonds. The molecule has 1 aromatic heterocycles. The van der Waals surface area contributed by atoms with Crippen LogP contribution in [0.3, 0.4) is 0 Å². The number of carbonyl (C=O) groups is 1. The third kappa shape index (κ3) is 3.79. The Kier molecular flexibility index (Phi) is 4.44. The lowest BCUT2D eigenvalue weighted by molar-refractivity contribution is 0.0464. The minimum Gasteiger partial charge on any atom is -0.455 e. The summed E-state index contributed by atoms with van der Waals surface area (Å²) in [6.45, 7) is 1.98. The van der Waals surface area contributed by atoms with Crippen molar-refractivity contribution >= 4 is 17.6 Å². The molecule has 0 N–H and O–H groups in total. The maximum Gasteiger partial charge on any atom is 0.338 e. The van der Waals surface area contributed by atoms with Gasteiger partial charge in [0.15, 0.2) is 5.76 Å². The summed E-state index contributed by atoms with van der Waals surface area (Å²) in [7, 11) is 0. The Morgan fingerprint density at radius 3 is 2.70 bits per heavy atom. The molecule has 1 heterocycles. The topological polar surface area (TPSA) is 52.3 Å². The van der Waals surface area contributed by atoms with Gasteiger partial charge in [-0.2, -0.15) is 0 Å². The average molecular weight is 328 g/mol. The van der Waals surface area contributed by atoms with E-state index in [0.29, 0.717) is 22.0 Å². The zero-order valence-electron chi connectivity index (χ0n) is 12.5. The Balaban J connectivity index is 1.65. The summed E-state index contributed by atoms with van der Waals surface area (Å²) in [6, 6.07) is 16.2. The number of rotatable bonds is 4. The fraction of sp³-hybridized carbons (Fsp3) is 0.111. The van der Waals surface area contributed by atoms with Crippen molar-refractivity contribution in [1.82, 2.24) is 5.16 Å². The standard InChI is InChI=1S/C18H14ClNO3/c1-12-3-2-4-14(9-12)18(21)22-11-16-10-17(23-20-16)13-5-7-15(19)8-6-13/h2-10H,11H2,1H3. The van der Waals surface area contributed by atoms with Crippen molar-refractivity contribution in [2.24, 2.45) is 0 Å². The smallest absolute Gasteiger partial charge is 0.338 e. The molecule has 0 saturated carbocycles. The summed E-state index contributed by atoms with van der Waals surface area (Å²) in [4.78, 5) is 12.0. The third-order valence-electron chi connectivity index (χ3n) is 3.29. The van der Waals surface area contributed by atoms with Gasteiger partial charge in [-0.1, -0.05) is 34.5 Å². The average Bonchev–Trinajstić information content (AvgIpc) is 3.02.